The van der Waals surface area contributed by atoms with Gasteiger partial charge in [0.1, 0.15) is 12.0 Å². The Hall–Kier alpha value is -2.09. The van der Waals surface area contributed by atoms with Crippen LogP contribution in [-0.2, 0) is 9.53 Å². The van der Waals surface area contributed by atoms with Crippen molar-refractivity contribution in [3.05, 3.63) is 22.5 Å². The van der Waals surface area contributed by atoms with Crippen LogP contribution >= 0.6 is 0 Å². The molecule has 3 heterocycles. The summed E-state index contributed by atoms with van der Waals surface area (Å²) in [6, 6.07) is -0.0117. The van der Waals surface area contributed by atoms with Crippen LogP contribution in [0, 0.1) is 17.8 Å². The second kappa shape index (κ2) is 4.45. The lowest BCUT2D eigenvalue weighted by molar-refractivity contribution is -0.125. The van der Waals surface area contributed by atoms with Crippen molar-refractivity contribution >= 4 is 11.8 Å². The first-order chi connectivity index (χ1) is 10.1. The zero-order valence-corrected chi connectivity index (χ0v) is 11.2. The molecule has 0 aromatic carbocycles. The van der Waals surface area contributed by atoms with Gasteiger partial charge in [-0.15, -0.1) is 0 Å². The van der Waals surface area contributed by atoms with Gasteiger partial charge in [0.15, 0.2) is 0 Å². The zero-order valence-electron chi connectivity index (χ0n) is 11.2. The second-order valence-electron chi connectivity index (χ2n) is 5.87. The van der Waals surface area contributed by atoms with E-state index in [1.165, 1.54) is 0 Å². The fourth-order valence-corrected chi connectivity index (χ4v) is 3.22. The van der Waals surface area contributed by atoms with Crippen molar-refractivity contribution in [1.29, 1.82) is 0 Å². The number of carbonyl (C=O) groups excluding carboxylic acids is 2. The van der Waals surface area contributed by atoms with E-state index < -0.39 is 5.76 Å². The summed E-state index contributed by atoms with van der Waals surface area (Å²) >= 11 is 0. The van der Waals surface area contributed by atoms with Crippen molar-refractivity contribution in [2.24, 2.45) is 17.8 Å². The molecule has 0 bridgehead atoms. The number of carbonyl (C=O) groups is 2. The molecule has 0 radical (unpaired) electrons. The number of aromatic nitrogens is 1. The highest BCUT2D eigenvalue weighted by molar-refractivity contribution is 5.92. The molecule has 3 fully saturated rings. The quantitative estimate of drug-likeness (QED) is 0.728. The maximum Gasteiger partial charge on any atom is 0.416 e. The number of nitrogens with one attached hydrogen (secondary N) is 2. The Bertz CT molecular complexity index is 634. The lowest BCUT2D eigenvalue weighted by Gasteiger charge is -2.39. The van der Waals surface area contributed by atoms with Gasteiger partial charge in [-0.05, 0) is 11.8 Å². The van der Waals surface area contributed by atoms with Gasteiger partial charge in [0.05, 0.1) is 19.3 Å². The molecule has 1 saturated carbocycles. The molecule has 1 aromatic heterocycles. The van der Waals surface area contributed by atoms with E-state index in [9.17, 15) is 14.4 Å². The van der Waals surface area contributed by atoms with Crippen molar-refractivity contribution in [3.8, 4) is 0 Å². The third-order valence-corrected chi connectivity index (χ3v) is 4.52. The minimum absolute atomic E-state index is 0.0117. The molecule has 2 saturated heterocycles. The monoisotopic (exact) mass is 293 g/mol. The molecule has 2 aliphatic heterocycles. The van der Waals surface area contributed by atoms with E-state index in [0.29, 0.717) is 38.1 Å². The lowest BCUT2D eigenvalue weighted by Crippen LogP contribution is -2.61. The summed E-state index contributed by atoms with van der Waals surface area (Å²) in [6.07, 6.45) is 1.11. The Labute approximate surface area is 119 Å². The number of hydrogen-bond donors (Lipinski definition) is 2. The maximum absolute atomic E-state index is 12.0. The number of ether oxygens (including phenoxy) is 1. The van der Waals surface area contributed by atoms with Crippen LogP contribution in [0.15, 0.2) is 15.5 Å². The predicted octanol–water partition coefficient (Wildman–Crippen LogP) is -1.20. The van der Waals surface area contributed by atoms with Crippen LogP contribution < -0.4 is 11.1 Å². The molecule has 4 rings (SSSR count). The molecule has 21 heavy (non-hydrogen) atoms. The molecule has 3 aliphatic rings. The molecular weight excluding hydrogens is 278 g/mol. The normalized spacial score (nSPS) is 30.7. The molecule has 1 aliphatic carbocycles. The third kappa shape index (κ3) is 2.06. The number of rotatable bonds is 3. The van der Waals surface area contributed by atoms with Gasteiger partial charge in [-0.2, -0.15) is 0 Å². The van der Waals surface area contributed by atoms with E-state index in [0.717, 1.165) is 6.26 Å². The lowest BCUT2D eigenvalue weighted by atomic mass is 10.1. The average molecular weight is 293 g/mol. The number of aromatic amines is 1. The van der Waals surface area contributed by atoms with E-state index in [1.54, 1.807) is 4.90 Å². The molecule has 1 unspecified atom stereocenters. The number of likely N-dealkylation sites (tertiary alicyclic amines) is 1. The standard InChI is InChI=1S/C13H15N3O5/c17-11(10-7-3-20-4-8(7)10)14-6-1-16(2-6)12(18)9-5-21-13(19)15-9/h5-8,10H,1-4H2,(H,14,17)(H,15,19)/t7-,8+,10?. The van der Waals surface area contributed by atoms with Crippen molar-refractivity contribution in [2.45, 2.75) is 6.04 Å². The van der Waals surface area contributed by atoms with Crippen molar-refractivity contribution in [3.63, 3.8) is 0 Å². The summed E-state index contributed by atoms with van der Waals surface area (Å²) in [7, 11) is 0. The van der Waals surface area contributed by atoms with Gasteiger partial charge in [0.2, 0.25) is 5.91 Å². The van der Waals surface area contributed by atoms with E-state index in [4.69, 9.17) is 4.74 Å². The van der Waals surface area contributed by atoms with Crippen LogP contribution in [0.25, 0.3) is 0 Å². The van der Waals surface area contributed by atoms with Crippen molar-refractivity contribution in [1.82, 2.24) is 15.2 Å². The Kier molecular flexibility index (Phi) is 2.68. The van der Waals surface area contributed by atoms with E-state index in [2.05, 4.69) is 14.7 Å². The number of nitrogens with zero attached hydrogens (tertiary/aromatic N) is 1. The highest BCUT2D eigenvalue weighted by Crippen LogP contribution is 2.50. The van der Waals surface area contributed by atoms with E-state index in [1.807, 2.05) is 0 Å². The summed E-state index contributed by atoms with van der Waals surface area (Å²) in [5, 5.41) is 2.96. The van der Waals surface area contributed by atoms with E-state index >= 15 is 0 Å². The SMILES string of the molecule is O=C(NC1CN(C(=O)c2coc(=O)[nH]2)C1)C1[C@H]2COC[C@@H]12. The molecular formula is C13H15N3O5. The van der Waals surface area contributed by atoms with Gasteiger partial charge >= 0.3 is 5.76 Å². The van der Waals surface area contributed by atoms with Gasteiger partial charge in [0, 0.05) is 19.0 Å². The van der Waals surface area contributed by atoms with Crippen LogP contribution in [0.3, 0.4) is 0 Å². The molecule has 2 N–H and O–H groups in total. The number of fused-ring (bicyclic) bond motifs is 1. The first kappa shape index (κ1) is 12.6. The number of amides is 2. The van der Waals surface area contributed by atoms with E-state index in [-0.39, 0.29) is 29.5 Å². The molecule has 8 heteroatoms. The molecule has 1 aromatic rings. The number of oxazole rings is 1. The fraction of sp³-hybridized carbons (Fsp3) is 0.615. The van der Waals surface area contributed by atoms with Crippen LogP contribution in [0.5, 0.6) is 0 Å². The molecule has 0 spiro atoms. The predicted molar refractivity (Wildman–Crippen MR) is 68.5 cm³/mol. The van der Waals surface area contributed by atoms with Gasteiger partial charge in [-0.1, -0.05) is 0 Å². The average Bonchev–Trinajstić information content (AvgIpc) is 2.79. The van der Waals surface area contributed by atoms with Crippen LogP contribution in [-0.4, -0.2) is 54.0 Å². The van der Waals surface area contributed by atoms with Gasteiger partial charge < -0.3 is 19.4 Å². The van der Waals surface area contributed by atoms with Gasteiger partial charge in [-0.25, -0.2) is 4.79 Å². The Morgan fingerprint density at radius 3 is 2.62 bits per heavy atom. The van der Waals surface area contributed by atoms with Crippen LogP contribution in [0.1, 0.15) is 10.5 Å². The van der Waals surface area contributed by atoms with Crippen LogP contribution in [0.4, 0.5) is 0 Å². The Morgan fingerprint density at radius 2 is 2.00 bits per heavy atom. The Morgan fingerprint density at radius 1 is 1.29 bits per heavy atom. The summed E-state index contributed by atoms with van der Waals surface area (Å²) in [5.41, 5.74) is 0.138. The first-order valence-electron chi connectivity index (χ1n) is 6.98. The summed E-state index contributed by atoms with van der Waals surface area (Å²) in [4.78, 5) is 38.7. The fourth-order valence-electron chi connectivity index (χ4n) is 3.22. The second-order valence-corrected chi connectivity index (χ2v) is 5.87. The summed E-state index contributed by atoms with van der Waals surface area (Å²) < 4.78 is 9.80. The van der Waals surface area contributed by atoms with Gasteiger partial charge in [0.25, 0.3) is 5.91 Å². The first-order valence-corrected chi connectivity index (χ1v) is 6.98. The summed E-state index contributed by atoms with van der Waals surface area (Å²) in [5.74, 6) is 0.00254. The highest BCUT2D eigenvalue weighted by atomic mass is 16.5. The highest BCUT2D eigenvalue weighted by Gasteiger charge is 2.58. The number of H-pyrrole nitrogens is 1. The van der Waals surface area contributed by atoms with Crippen molar-refractivity contribution in [2.75, 3.05) is 26.3 Å². The Balaban J connectivity index is 1.27. The maximum atomic E-state index is 12.0. The van der Waals surface area contributed by atoms with Gasteiger partial charge in [-0.3, -0.25) is 14.6 Å². The van der Waals surface area contributed by atoms with Crippen molar-refractivity contribution < 1.29 is 18.7 Å². The largest absolute Gasteiger partial charge is 0.416 e. The smallest absolute Gasteiger partial charge is 0.416 e. The molecule has 3 atom stereocenters. The molecule has 2 amide bonds. The minimum atomic E-state index is -0.647. The minimum Gasteiger partial charge on any atom is -0.416 e. The topological polar surface area (TPSA) is 105 Å². The molecule has 8 nitrogen and oxygen atoms in total. The zero-order chi connectivity index (χ0) is 14.6. The molecule has 112 valence electrons. The number of hydrogen-bond acceptors (Lipinski definition) is 5. The summed E-state index contributed by atoms with van der Waals surface area (Å²) in [6.45, 7) is 2.28. The van der Waals surface area contributed by atoms with Crippen LogP contribution in [0.2, 0.25) is 0 Å². The third-order valence-electron chi connectivity index (χ3n) is 4.52.